The van der Waals surface area contributed by atoms with Gasteiger partial charge in [0, 0.05) is 0 Å². The molecule has 0 aromatic heterocycles. The molecule has 0 aliphatic heterocycles. The lowest BCUT2D eigenvalue weighted by molar-refractivity contribution is 0.565. The summed E-state index contributed by atoms with van der Waals surface area (Å²) in [5, 5.41) is 0. The zero-order valence-corrected chi connectivity index (χ0v) is 12.0. The van der Waals surface area contributed by atoms with Crippen molar-refractivity contribution in [1.29, 1.82) is 0 Å². The molecule has 104 valence electrons. The highest BCUT2D eigenvalue weighted by Crippen LogP contribution is 2.15. The van der Waals surface area contributed by atoms with Gasteiger partial charge < -0.3 is 0 Å². The van der Waals surface area contributed by atoms with E-state index in [0.717, 1.165) is 6.42 Å². The molecule has 0 bridgehead atoms. The van der Waals surface area contributed by atoms with Crippen LogP contribution in [-0.4, -0.2) is 6.08 Å². The average Bonchev–Trinajstić information content (AvgIpc) is 2.44. The number of benzene rings is 1. The fourth-order valence-corrected chi connectivity index (χ4v) is 2.25. The van der Waals surface area contributed by atoms with E-state index in [4.69, 9.17) is 0 Å². The Hall–Kier alpha value is -1.40. The predicted octanol–water partition coefficient (Wildman–Crippen LogP) is 5.34. The molecule has 0 spiro atoms. The fourth-order valence-electron chi connectivity index (χ4n) is 2.25. The number of aliphatic imine (C=N–C) groups is 1. The fraction of sp³-hybridized carbons (Fsp3) is 0.588. The van der Waals surface area contributed by atoms with Crippen LogP contribution in [0.25, 0.3) is 0 Å². The van der Waals surface area contributed by atoms with E-state index in [0.29, 0.717) is 5.69 Å². The third-order valence-corrected chi connectivity index (χ3v) is 3.43. The number of hydrogen-bond donors (Lipinski definition) is 0. The van der Waals surface area contributed by atoms with Gasteiger partial charge in [-0.1, -0.05) is 64.0 Å². The molecule has 0 radical (unpaired) electrons. The zero-order valence-electron chi connectivity index (χ0n) is 12.0. The Morgan fingerprint density at radius 1 is 0.895 bits per heavy atom. The maximum atomic E-state index is 10.1. The van der Waals surface area contributed by atoms with Crippen molar-refractivity contribution in [1.82, 2.24) is 0 Å². The van der Waals surface area contributed by atoms with Gasteiger partial charge in [-0.3, -0.25) is 0 Å². The third-order valence-electron chi connectivity index (χ3n) is 3.43. The minimum atomic E-state index is 0.690. The summed E-state index contributed by atoms with van der Waals surface area (Å²) in [6.07, 6.45) is 13.5. The largest absolute Gasteiger partial charge is 0.240 e. The highest BCUT2D eigenvalue weighted by atomic mass is 16.1. The van der Waals surface area contributed by atoms with Gasteiger partial charge in [0.2, 0.25) is 6.08 Å². The van der Waals surface area contributed by atoms with Crippen LogP contribution in [0.15, 0.2) is 29.3 Å². The molecule has 0 aliphatic rings. The molecule has 0 aliphatic carbocycles. The van der Waals surface area contributed by atoms with Crippen LogP contribution in [-0.2, 0) is 11.2 Å². The van der Waals surface area contributed by atoms with Crippen molar-refractivity contribution in [3.8, 4) is 0 Å². The van der Waals surface area contributed by atoms with Crippen LogP contribution in [0, 0.1) is 0 Å². The molecule has 1 rings (SSSR count). The number of hydrogen-bond acceptors (Lipinski definition) is 2. The lowest BCUT2D eigenvalue weighted by atomic mass is 10.0. The monoisotopic (exact) mass is 259 g/mol. The van der Waals surface area contributed by atoms with E-state index in [1.165, 1.54) is 56.9 Å². The second-order valence-electron chi connectivity index (χ2n) is 5.09. The van der Waals surface area contributed by atoms with E-state index < -0.39 is 0 Å². The summed E-state index contributed by atoms with van der Waals surface area (Å²) in [4.78, 5) is 13.7. The quantitative estimate of drug-likeness (QED) is 0.317. The van der Waals surface area contributed by atoms with Gasteiger partial charge in [-0.2, -0.15) is 4.99 Å². The maximum absolute atomic E-state index is 10.1. The van der Waals surface area contributed by atoms with Crippen molar-refractivity contribution < 1.29 is 4.79 Å². The summed E-state index contributed by atoms with van der Waals surface area (Å²) >= 11 is 0. The second kappa shape index (κ2) is 10.5. The molecule has 0 saturated carbocycles. The van der Waals surface area contributed by atoms with Crippen LogP contribution in [0.4, 0.5) is 5.69 Å². The summed E-state index contributed by atoms with van der Waals surface area (Å²) in [5.41, 5.74) is 2.02. The number of aryl methyl sites for hydroxylation is 1. The molecule has 0 N–H and O–H groups in total. The molecule has 0 unspecified atom stereocenters. The molecule has 0 atom stereocenters. The third kappa shape index (κ3) is 7.58. The standard InChI is InChI=1S/C17H25NO/c1-2-3-4-5-6-7-8-9-10-16-11-13-17(14-12-16)18-15-19/h11-14H,2-10H2,1H3. The molecular weight excluding hydrogens is 234 g/mol. The molecule has 0 fully saturated rings. The van der Waals surface area contributed by atoms with Crippen molar-refractivity contribution in [2.75, 3.05) is 0 Å². The van der Waals surface area contributed by atoms with E-state index in [2.05, 4.69) is 24.0 Å². The van der Waals surface area contributed by atoms with Crippen LogP contribution < -0.4 is 0 Å². The van der Waals surface area contributed by atoms with Crippen LogP contribution in [0.2, 0.25) is 0 Å². The number of isocyanates is 1. The summed E-state index contributed by atoms with van der Waals surface area (Å²) in [6, 6.07) is 7.87. The molecule has 0 amide bonds. The molecule has 2 nitrogen and oxygen atoms in total. The molecule has 1 aromatic rings. The van der Waals surface area contributed by atoms with E-state index in [9.17, 15) is 4.79 Å². The van der Waals surface area contributed by atoms with Gasteiger partial charge in [0.25, 0.3) is 0 Å². The minimum Gasteiger partial charge on any atom is -0.211 e. The van der Waals surface area contributed by atoms with Gasteiger partial charge in [-0.05, 0) is 30.5 Å². The van der Waals surface area contributed by atoms with Crippen molar-refractivity contribution in [3.05, 3.63) is 29.8 Å². The first-order valence-electron chi connectivity index (χ1n) is 7.53. The van der Waals surface area contributed by atoms with Gasteiger partial charge in [0.1, 0.15) is 0 Å². The lowest BCUT2D eigenvalue weighted by Gasteiger charge is -2.03. The van der Waals surface area contributed by atoms with Gasteiger partial charge in [-0.15, -0.1) is 0 Å². The van der Waals surface area contributed by atoms with Gasteiger partial charge in [0.15, 0.2) is 0 Å². The molecule has 19 heavy (non-hydrogen) atoms. The first-order valence-corrected chi connectivity index (χ1v) is 7.53. The summed E-state index contributed by atoms with van der Waals surface area (Å²) in [7, 11) is 0. The van der Waals surface area contributed by atoms with Crippen molar-refractivity contribution >= 4 is 11.8 Å². The van der Waals surface area contributed by atoms with E-state index in [1.807, 2.05) is 12.1 Å². The SMILES string of the molecule is CCCCCCCCCCc1ccc(N=C=O)cc1. The molecule has 0 heterocycles. The van der Waals surface area contributed by atoms with Gasteiger partial charge in [0.05, 0.1) is 5.69 Å². The van der Waals surface area contributed by atoms with E-state index in [1.54, 1.807) is 6.08 Å². The van der Waals surface area contributed by atoms with Crippen LogP contribution >= 0.6 is 0 Å². The Balaban J connectivity index is 2.07. The molecule has 2 heteroatoms. The highest BCUT2D eigenvalue weighted by molar-refractivity contribution is 5.49. The molecular formula is C17H25NO. The topological polar surface area (TPSA) is 29.4 Å². The first kappa shape index (κ1) is 15.7. The Morgan fingerprint density at radius 3 is 2.05 bits per heavy atom. The summed E-state index contributed by atoms with van der Waals surface area (Å²) in [6.45, 7) is 2.26. The number of carbonyl (C=O) groups excluding carboxylic acids is 1. The number of nitrogens with zero attached hydrogens (tertiary/aromatic N) is 1. The number of unbranched alkanes of at least 4 members (excludes halogenated alkanes) is 7. The van der Waals surface area contributed by atoms with Gasteiger partial charge in [-0.25, -0.2) is 4.79 Å². The second-order valence-corrected chi connectivity index (χ2v) is 5.09. The molecule has 1 aromatic carbocycles. The smallest absolute Gasteiger partial charge is 0.211 e. The minimum absolute atomic E-state index is 0.690. The summed E-state index contributed by atoms with van der Waals surface area (Å²) < 4.78 is 0. The van der Waals surface area contributed by atoms with Gasteiger partial charge >= 0.3 is 0 Å². The Labute approximate surface area is 117 Å². The van der Waals surface area contributed by atoms with Crippen molar-refractivity contribution in [2.45, 2.75) is 64.7 Å². The lowest BCUT2D eigenvalue weighted by Crippen LogP contribution is -1.86. The predicted molar refractivity (Wildman–Crippen MR) is 80.5 cm³/mol. The zero-order chi connectivity index (χ0) is 13.8. The van der Waals surface area contributed by atoms with E-state index in [-0.39, 0.29) is 0 Å². The molecule has 0 saturated heterocycles. The van der Waals surface area contributed by atoms with Crippen molar-refractivity contribution in [2.24, 2.45) is 4.99 Å². The van der Waals surface area contributed by atoms with Crippen LogP contribution in [0.1, 0.15) is 63.9 Å². The Bertz CT molecular complexity index is 377. The summed E-state index contributed by atoms with van der Waals surface area (Å²) in [5.74, 6) is 0. The first-order chi connectivity index (χ1) is 9.36. The van der Waals surface area contributed by atoms with Crippen LogP contribution in [0.5, 0.6) is 0 Å². The Kier molecular flexibility index (Phi) is 8.67. The van der Waals surface area contributed by atoms with E-state index >= 15 is 0 Å². The van der Waals surface area contributed by atoms with Crippen molar-refractivity contribution in [3.63, 3.8) is 0 Å². The average molecular weight is 259 g/mol. The van der Waals surface area contributed by atoms with Crippen LogP contribution in [0.3, 0.4) is 0 Å². The Morgan fingerprint density at radius 2 is 1.47 bits per heavy atom. The number of rotatable bonds is 10. The highest BCUT2D eigenvalue weighted by Gasteiger charge is 1.95. The normalized spacial score (nSPS) is 10.2. The maximum Gasteiger partial charge on any atom is 0.240 e.